The Bertz CT molecular complexity index is 388. The normalized spacial score (nSPS) is 10.1. The Kier molecular flexibility index (Phi) is 4.33. The van der Waals surface area contributed by atoms with Crippen molar-refractivity contribution in [1.29, 1.82) is 0 Å². The molecule has 0 spiro atoms. The highest BCUT2D eigenvalue weighted by Crippen LogP contribution is 2.06. The molecule has 1 heterocycles. The Morgan fingerprint density at radius 2 is 1.88 bits per heavy atom. The summed E-state index contributed by atoms with van der Waals surface area (Å²) in [5.41, 5.74) is 7.54. The van der Waals surface area contributed by atoms with Gasteiger partial charge in [-0.05, 0) is 12.2 Å². The zero-order valence-electron chi connectivity index (χ0n) is 8.67. The number of hydrogen-bond acceptors (Lipinski definition) is 7. The zero-order chi connectivity index (χ0) is 12.0. The molecule has 0 aliphatic carbocycles. The molecule has 0 aliphatic heterocycles. The zero-order valence-corrected chi connectivity index (χ0v) is 9.48. The van der Waals surface area contributed by atoms with Gasteiger partial charge in [-0.15, -0.1) is 4.98 Å². The van der Waals surface area contributed by atoms with E-state index in [0.717, 1.165) is 0 Å². The molecule has 0 fully saturated rings. The van der Waals surface area contributed by atoms with E-state index in [9.17, 15) is 0 Å². The van der Waals surface area contributed by atoms with Crippen LogP contribution in [-0.2, 0) is 0 Å². The van der Waals surface area contributed by atoms with E-state index in [2.05, 4.69) is 37.7 Å². The third kappa shape index (κ3) is 3.61. The van der Waals surface area contributed by atoms with Crippen LogP contribution >= 0.6 is 12.2 Å². The molecule has 0 aromatic carbocycles. The Morgan fingerprint density at radius 1 is 1.31 bits per heavy atom. The van der Waals surface area contributed by atoms with E-state index in [-0.39, 0.29) is 23.0 Å². The van der Waals surface area contributed by atoms with Gasteiger partial charge >= 0.3 is 12.0 Å². The third-order valence-corrected chi connectivity index (χ3v) is 1.42. The largest absolute Gasteiger partial charge is 0.467 e. The van der Waals surface area contributed by atoms with Crippen molar-refractivity contribution in [3.05, 3.63) is 5.82 Å². The van der Waals surface area contributed by atoms with Crippen molar-refractivity contribution < 1.29 is 9.47 Å². The van der Waals surface area contributed by atoms with Crippen molar-refractivity contribution in [2.24, 2.45) is 10.8 Å². The maximum Gasteiger partial charge on any atom is 0.322 e. The molecule has 0 unspecified atom stereocenters. The third-order valence-electron chi connectivity index (χ3n) is 1.33. The molecular formula is C7H10N6O2S. The van der Waals surface area contributed by atoms with E-state index in [1.807, 2.05) is 0 Å². The molecule has 0 saturated heterocycles. The van der Waals surface area contributed by atoms with Crippen molar-refractivity contribution in [1.82, 2.24) is 20.4 Å². The minimum absolute atomic E-state index is 0.0456. The summed E-state index contributed by atoms with van der Waals surface area (Å²) in [7, 11) is 2.87. The number of thiocarbonyl (C=S) groups is 1. The predicted molar refractivity (Wildman–Crippen MR) is 60.4 cm³/mol. The van der Waals surface area contributed by atoms with Crippen LogP contribution in [-0.4, -0.2) is 40.5 Å². The molecule has 0 bridgehead atoms. The Morgan fingerprint density at radius 3 is 2.31 bits per heavy atom. The summed E-state index contributed by atoms with van der Waals surface area (Å²) >= 11 is 4.56. The number of ether oxygens (including phenoxy) is 2. The molecule has 1 rings (SSSR count). The summed E-state index contributed by atoms with van der Waals surface area (Å²) in [5, 5.41) is 3.73. The van der Waals surface area contributed by atoms with Crippen LogP contribution in [0.4, 0.5) is 0 Å². The lowest BCUT2D eigenvalue weighted by atomic mass is 10.6. The van der Waals surface area contributed by atoms with E-state index in [1.54, 1.807) is 0 Å². The second-order valence-electron chi connectivity index (χ2n) is 2.40. The Hall–Kier alpha value is -2.03. The number of rotatable bonds is 4. The van der Waals surface area contributed by atoms with Crippen molar-refractivity contribution in [2.75, 3.05) is 14.2 Å². The van der Waals surface area contributed by atoms with Crippen LogP contribution < -0.4 is 20.6 Å². The fourth-order valence-electron chi connectivity index (χ4n) is 0.747. The molecule has 1 aromatic heterocycles. The Balaban J connectivity index is 2.86. The predicted octanol–water partition coefficient (Wildman–Crippen LogP) is -0.944. The topological polar surface area (TPSA) is 108 Å². The molecule has 0 atom stereocenters. The summed E-state index contributed by atoms with van der Waals surface area (Å²) in [6.07, 6.45) is 1.31. The van der Waals surface area contributed by atoms with Gasteiger partial charge in [-0.1, -0.05) is 0 Å². The summed E-state index contributed by atoms with van der Waals surface area (Å²) in [6.45, 7) is 0. The summed E-state index contributed by atoms with van der Waals surface area (Å²) in [6, 6.07) is 0.257. The lowest BCUT2D eigenvalue weighted by Gasteiger charge is -2.01. The average Bonchev–Trinajstić information content (AvgIpc) is 2.28. The number of nitrogens with zero attached hydrogens (tertiary/aromatic N) is 4. The molecule has 0 saturated carbocycles. The van der Waals surface area contributed by atoms with Gasteiger partial charge in [0, 0.05) is 0 Å². The van der Waals surface area contributed by atoms with Crippen molar-refractivity contribution in [2.45, 2.75) is 0 Å². The maximum absolute atomic E-state index is 5.17. The highest BCUT2D eigenvalue weighted by molar-refractivity contribution is 7.80. The second kappa shape index (κ2) is 5.75. The summed E-state index contributed by atoms with van der Waals surface area (Å²) < 4.78 is 9.70. The van der Waals surface area contributed by atoms with Gasteiger partial charge in [0.1, 0.15) is 0 Å². The molecule has 1 aromatic rings. The highest BCUT2D eigenvalue weighted by atomic mass is 32.1. The maximum atomic E-state index is 5.17. The highest BCUT2D eigenvalue weighted by Gasteiger charge is 2.04. The lowest BCUT2D eigenvalue weighted by Crippen LogP contribution is -2.24. The van der Waals surface area contributed by atoms with Crippen LogP contribution in [0.1, 0.15) is 5.82 Å². The van der Waals surface area contributed by atoms with E-state index in [4.69, 9.17) is 15.2 Å². The minimum atomic E-state index is 0.0456. The van der Waals surface area contributed by atoms with Crippen LogP contribution in [0.15, 0.2) is 5.10 Å². The van der Waals surface area contributed by atoms with Gasteiger partial charge in [0.2, 0.25) is 0 Å². The van der Waals surface area contributed by atoms with Gasteiger partial charge in [0.15, 0.2) is 10.9 Å². The van der Waals surface area contributed by atoms with Gasteiger partial charge in [0.25, 0.3) is 0 Å². The first-order valence-electron chi connectivity index (χ1n) is 4.08. The first-order chi connectivity index (χ1) is 7.65. The average molecular weight is 242 g/mol. The lowest BCUT2D eigenvalue weighted by molar-refractivity contribution is 0.339. The van der Waals surface area contributed by atoms with E-state index < -0.39 is 0 Å². The van der Waals surface area contributed by atoms with Crippen LogP contribution in [0, 0.1) is 0 Å². The molecule has 0 radical (unpaired) electrons. The molecular weight excluding hydrogens is 232 g/mol. The standard InChI is InChI=1S/C7H10N6O2S/c1-14-6-10-4(3-9-13-5(8)16)11-7(12-6)15-2/h3H,1-2H3,(H3,8,13,16)/b9-3+. The smallest absolute Gasteiger partial charge is 0.322 e. The first-order valence-corrected chi connectivity index (χ1v) is 4.49. The summed E-state index contributed by atoms with van der Waals surface area (Å²) in [4.78, 5) is 11.6. The van der Waals surface area contributed by atoms with Gasteiger partial charge in [-0.3, -0.25) is 5.43 Å². The van der Waals surface area contributed by atoms with Gasteiger partial charge in [-0.25, -0.2) is 0 Å². The van der Waals surface area contributed by atoms with Crippen molar-refractivity contribution >= 4 is 23.5 Å². The number of hydrazone groups is 1. The molecule has 16 heavy (non-hydrogen) atoms. The molecule has 86 valence electrons. The van der Waals surface area contributed by atoms with Crippen LogP contribution in [0.3, 0.4) is 0 Å². The fourth-order valence-corrected chi connectivity index (χ4v) is 0.799. The van der Waals surface area contributed by atoms with E-state index in [0.29, 0.717) is 0 Å². The van der Waals surface area contributed by atoms with Crippen molar-refractivity contribution in [3.63, 3.8) is 0 Å². The number of nitrogens with two attached hydrogens (primary N) is 1. The number of methoxy groups -OCH3 is 2. The molecule has 9 heteroatoms. The molecule has 3 N–H and O–H groups in total. The van der Waals surface area contributed by atoms with E-state index in [1.165, 1.54) is 20.4 Å². The number of aromatic nitrogens is 3. The van der Waals surface area contributed by atoms with Gasteiger partial charge < -0.3 is 15.2 Å². The minimum Gasteiger partial charge on any atom is -0.467 e. The van der Waals surface area contributed by atoms with Gasteiger partial charge in [0.05, 0.1) is 20.4 Å². The summed E-state index contributed by atoms with van der Waals surface area (Å²) in [5.74, 6) is 0.257. The fraction of sp³-hybridized carbons (Fsp3) is 0.286. The van der Waals surface area contributed by atoms with Crippen LogP contribution in [0.5, 0.6) is 12.0 Å². The first kappa shape index (κ1) is 12.0. The van der Waals surface area contributed by atoms with Gasteiger partial charge in [-0.2, -0.15) is 15.1 Å². The van der Waals surface area contributed by atoms with Crippen LogP contribution in [0.2, 0.25) is 0 Å². The molecule has 8 nitrogen and oxygen atoms in total. The molecule has 0 amide bonds. The van der Waals surface area contributed by atoms with Crippen LogP contribution in [0.25, 0.3) is 0 Å². The van der Waals surface area contributed by atoms with E-state index >= 15 is 0 Å². The number of nitrogens with one attached hydrogen (secondary N) is 1. The quantitative estimate of drug-likeness (QED) is 0.395. The second-order valence-corrected chi connectivity index (χ2v) is 2.84. The van der Waals surface area contributed by atoms with Crippen molar-refractivity contribution in [3.8, 4) is 12.0 Å². The monoisotopic (exact) mass is 242 g/mol. The SMILES string of the molecule is COc1nc(/C=N/NC(N)=S)nc(OC)n1. The molecule has 0 aliphatic rings. The number of hydrogen-bond donors (Lipinski definition) is 2. The Labute approximate surface area is 96.9 Å².